The smallest absolute Gasteiger partial charge is 0.255 e. The number of anilines is 1. The van der Waals surface area contributed by atoms with Crippen LogP contribution in [0.3, 0.4) is 0 Å². The Kier molecular flexibility index (Phi) is 9.83. The normalized spacial score (nSPS) is 17.6. The highest BCUT2D eigenvalue weighted by Gasteiger charge is 2.33. The number of aliphatic hydroxyl groups is 1. The number of rotatable bonds is 10. The molecule has 3 unspecified atom stereocenters. The molecule has 1 aliphatic heterocycles. The van der Waals surface area contributed by atoms with Crippen LogP contribution in [0.5, 0.6) is 0 Å². The SMILES string of the molecule is CC(=O)c1cccc(NC(=O)c2cccc(C3OC(CN(C)Cc4c5ccccc5cc5ccccc45)CC(c4ccc(CO)cc4)O3)c2)c1. The minimum atomic E-state index is -0.711. The van der Waals surface area contributed by atoms with E-state index >= 15 is 0 Å². The van der Waals surface area contributed by atoms with Gasteiger partial charge in [-0.2, -0.15) is 0 Å². The van der Waals surface area contributed by atoms with Gasteiger partial charge in [-0.3, -0.25) is 14.5 Å². The van der Waals surface area contributed by atoms with E-state index < -0.39 is 6.29 Å². The zero-order chi connectivity index (χ0) is 34.6. The number of hydrogen-bond donors (Lipinski definition) is 2. The molecule has 0 spiro atoms. The highest BCUT2D eigenvalue weighted by atomic mass is 16.7. The first-order valence-electron chi connectivity index (χ1n) is 17.0. The number of carbonyl (C=O) groups excluding carboxylic acids is 2. The molecule has 1 fully saturated rings. The predicted octanol–water partition coefficient (Wildman–Crippen LogP) is 8.62. The Morgan fingerprint density at radius 3 is 2.14 bits per heavy atom. The van der Waals surface area contributed by atoms with Gasteiger partial charge in [0.05, 0.1) is 18.8 Å². The number of fused-ring (bicyclic) bond motifs is 2. The summed E-state index contributed by atoms with van der Waals surface area (Å²) in [5.74, 6) is -0.362. The minimum absolute atomic E-state index is 0.0261. The Labute approximate surface area is 292 Å². The molecule has 0 saturated carbocycles. The van der Waals surface area contributed by atoms with Crippen molar-refractivity contribution in [3.63, 3.8) is 0 Å². The van der Waals surface area contributed by atoms with Crippen molar-refractivity contribution in [2.75, 3.05) is 18.9 Å². The third-order valence-corrected chi connectivity index (χ3v) is 9.39. The number of likely N-dealkylation sites (N-methyl/N-ethyl adjacent to an activating group) is 1. The maximum atomic E-state index is 13.3. The van der Waals surface area contributed by atoms with E-state index in [1.54, 1.807) is 36.4 Å². The van der Waals surface area contributed by atoms with Crippen LogP contribution in [-0.4, -0.2) is 41.4 Å². The molecule has 0 aromatic heterocycles. The summed E-state index contributed by atoms with van der Waals surface area (Å²) in [6, 6.07) is 41.4. The lowest BCUT2D eigenvalue weighted by molar-refractivity contribution is -0.252. The molecule has 1 saturated heterocycles. The van der Waals surface area contributed by atoms with Crippen LogP contribution in [0.2, 0.25) is 0 Å². The van der Waals surface area contributed by atoms with Gasteiger partial charge >= 0.3 is 0 Å². The van der Waals surface area contributed by atoms with Crippen LogP contribution < -0.4 is 5.32 Å². The second-order valence-corrected chi connectivity index (χ2v) is 13.1. The highest BCUT2D eigenvalue weighted by Crippen LogP contribution is 2.39. The van der Waals surface area contributed by atoms with Gasteiger partial charge in [-0.25, -0.2) is 0 Å². The standard InChI is InChI=1S/C43H40N2O5/c1-28(47)31-11-8-14-36(23-31)44-42(48)34-12-7-13-35(22-34)43-49-37(24-41(50-43)30-19-17-29(27-46)18-20-30)25-45(2)26-40-38-15-5-3-9-32(38)21-33-10-4-6-16-39(33)40/h3-23,37,41,43,46H,24-27H2,1-2H3,(H,44,48). The number of aliphatic hydroxyl groups excluding tert-OH is 1. The Bertz CT molecular complexity index is 2110. The van der Waals surface area contributed by atoms with Gasteiger partial charge in [0, 0.05) is 41.9 Å². The second-order valence-electron chi connectivity index (χ2n) is 13.1. The molecule has 2 N–H and O–H groups in total. The fourth-order valence-corrected chi connectivity index (χ4v) is 6.84. The summed E-state index contributed by atoms with van der Waals surface area (Å²) >= 11 is 0. The molecule has 7 nitrogen and oxygen atoms in total. The number of Topliss-reactive ketones (excluding diaryl/α,β-unsaturated/α-hetero) is 1. The average molecular weight is 665 g/mol. The average Bonchev–Trinajstić information content (AvgIpc) is 3.14. The number of nitrogens with zero attached hydrogens (tertiary/aromatic N) is 1. The van der Waals surface area contributed by atoms with Gasteiger partial charge in [-0.05, 0) is 82.5 Å². The molecule has 7 heteroatoms. The van der Waals surface area contributed by atoms with E-state index in [2.05, 4.69) is 71.9 Å². The summed E-state index contributed by atoms with van der Waals surface area (Å²) in [7, 11) is 2.13. The topological polar surface area (TPSA) is 88.1 Å². The van der Waals surface area contributed by atoms with Crippen molar-refractivity contribution in [2.45, 2.75) is 45.0 Å². The molecule has 0 radical (unpaired) electrons. The molecular weight excluding hydrogens is 624 g/mol. The highest BCUT2D eigenvalue weighted by molar-refractivity contribution is 6.05. The van der Waals surface area contributed by atoms with Crippen molar-refractivity contribution in [2.24, 2.45) is 0 Å². The lowest BCUT2D eigenvalue weighted by atomic mass is 9.96. The molecule has 252 valence electrons. The molecule has 1 amide bonds. The molecule has 1 aliphatic rings. The van der Waals surface area contributed by atoms with Gasteiger partial charge in [-0.1, -0.05) is 97.1 Å². The van der Waals surface area contributed by atoms with Gasteiger partial charge in [0.2, 0.25) is 0 Å². The molecule has 6 aromatic rings. The largest absolute Gasteiger partial charge is 0.392 e. The monoisotopic (exact) mass is 664 g/mol. The van der Waals surface area contributed by atoms with E-state index in [9.17, 15) is 14.7 Å². The third-order valence-electron chi connectivity index (χ3n) is 9.39. The van der Waals surface area contributed by atoms with Crippen molar-refractivity contribution < 1.29 is 24.2 Å². The minimum Gasteiger partial charge on any atom is -0.392 e. The Morgan fingerprint density at radius 1 is 0.760 bits per heavy atom. The van der Waals surface area contributed by atoms with Crippen molar-refractivity contribution in [3.8, 4) is 0 Å². The van der Waals surface area contributed by atoms with Gasteiger partial charge in [0.15, 0.2) is 12.1 Å². The first-order chi connectivity index (χ1) is 24.3. The van der Waals surface area contributed by atoms with Crippen molar-refractivity contribution >= 4 is 38.9 Å². The maximum absolute atomic E-state index is 13.3. The lowest BCUT2D eigenvalue weighted by Crippen LogP contribution is -2.37. The second kappa shape index (κ2) is 14.7. The quantitative estimate of drug-likeness (QED) is 0.113. The van der Waals surface area contributed by atoms with Crippen LogP contribution in [0.4, 0.5) is 5.69 Å². The zero-order valence-electron chi connectivity index (χ0n) is 28.2. The third kappa shape index (κ3) is 7.37. The molecule has 7 rings (SSSR count). The number of ether oxygens (including phenoxy) is 2. The van der Waals surface area contributed by atoms with Crippen molar-refractivity contribution in [1.29, 1.82) is 0 Å². The van der Waals surface area contributed by atoms with Crippen molar-refractivity contribution in [1.82, 2.24) is 4.90 Å². The van der Waals surface area contributed by atoms with E-state index in [-0.39, 0.29) is 30.5 Å². The van der Waals surface area contributed by atoms with E-state index in [0.29, 0.717) is 29.8 Å². The number of nitrogens with one attached hydrogen (secondary N) is 1. The van der Waals surface area contributed by atoms with Gasteiger partial charge in [0.1, 0.15) is 0 Å². The summed E-state index contributed by atoms with van der Waals surface area (Å²) in [4.78, 5) is 27.5. The molecule has 0 bridgehead atoms. The van der Waals surface area contributed by atoms with E-state index in [0.717, 1.165) is 23.2 Å². The summed E-state index contributed by atoms with van der Waals surface area (Å²) in [5.41, 5.74) is 5.39. The van der Waals surface area contributed by atoms with Gasteiger partial charge in [0.25, 0.3) is 5.91 Å². The Balaban J connectivity index is 1.14. The van der Waals surface area contributed by atoms with E-state index in [1.165, 1.54) is 34.0 Å². The number of amides is 1. The first-order valence-corrected chi connectivity index (χ1v) is 17.0. The predicted molar refractivity (Wildman–Crippen MR) is 197 cm³/mol. The maximum Gasteiger partial charge on any atom is 0.255 e. The van der Waals surface area contributed by atoms with E-state index in [1.807, 2.05) is 36.4 Å². The first kappa shape index (κ1) is 33.3. The summed E-state index contributed by atoms with van der Waals surface area (Å²) in [6.07, 6.45) is -0.501. The fourth-order valence-electron chi connectivity index (χ4n) is 6.84. The van der Waals surface area contributed by atoms with Crippen LogP contribution in [0.25, 0.3) is 21.5 Å². The summed E-state index contributed by atoms with van der Waals surface area (Å²) in [6.45, 7) is 2.88. The molecule has 1 heterocycles. The number of benzene rings is 6. The van der Waals surface area contributed by atoms with Gasteiger partial charge < -0.3 is 19.9 Å². The molecular formula is C43H40N2O5. The summed E-state index contributed by atoms with van der Waals surface area (Å²) < 4.78 is 13.3. The molecule has 6 aromatic carbocycles. The van der Waals surface area contributed by atoms with Crippen LogP contribution in [-0.2, 0) is 22.6 Å². The van der Waals surface area contributed by atoms with Gasteiger partial charge in [-0.15, -0.1) is 0 Å². The molecule has 3 atom stereocenters. The number of carbonyl (C=O) groups is 2. The number of ketones is 1. The Morgan fingerprint density at radius 2 is 1.44 bits per heavy atom. The zero-order valence-corrected chi connectivity index (χ0v) is 28.2. The lowest BCUT2D eigenvalue weighted by Gasteiger charge is -2.38. The summed E-state index contributed by atoms with van der Waals surface area (Å²) in [5, 5.41) is 17.5. The molecule has 0 aliphatic carbocycles. The fraction of sp³-hybridized carbons (Fsp3) is 0.209. The number of hydrogen-bond acceptors (Lipinski definition) is 6. The van der Waals surface area contributed by atoms with Crippen LogP contribution in [0, 0.1) is 0 Å². The van der Waals surface area contributed by atoms with E-state index in [4.69, 9.17) is 9.47 Å². The Hall–Kier alpha value is -5.18. The molecule has 50 heavy (non-hydrogen) atoms. The van der Waals surface area contributed by atoms with Crippen molar-refractivity contribution in [3.05, 3.63) is 161 Å². The van der Waals surface area contributed by atoms with Crippen LogP contribution >= 0.6 is 0 Å². The van der Waals surface area contributed by atoms with Crippen LogP contribution in [0.1, 0.15) is 68.7 Å². The van der Waals surface area contributed by atoms with Crippen LogP contribution in [0.15, 0.2) is 127 Å².